The summed E-state index contributed by atoms with van der Waals surface area (Å²) in [4.78, 5) is 18.2. The second kappa shape index (κ2) is 8.86. The molecule has 2 aliphatic rings. The first kappa shape index (κ1) is 21.8. The molecule has 7 nitrogen and oxygen atoms in total. The lowest BCUT2D eigenvalue weighted by Gasteiger charge is -2.34. The number of halogens is 3. The topological polar surface area (TPSA) is 82.6 Å². The van der Waals surface area contributed by atoms with E-state index in [4.69, 9.17) is 0 Å². The summed E-state index contributed by atoms with van der Waals surface area (Å²) < 4.78 is 64.9. The Morgan fingerprint density at radius 1 is 1.17 bits per heavy atom. The van der Waals surface area contributed by atoms with Crippen LogP contribution in [0, 0.1) is 5.92 Å². The molecule has 2 fully saturated rings. The van der Waals surface area contributed by atoms with Crippen molar-refractivity contribution in [3.8, 4) is 0 Å². The molecule has 1 aromatic rings. The number of nitrogens with one attached hydrogen (secondary N) is 1. The van der Waals surface area contributed by atoms with Crippen molar-refractivity contribution in [2.24, 2.45) is 5.92 Å². The van der Waals surface area contributed by atoms with Crippen molar-refractivity contribution in [1.82, 2.24) is 14.6 Å². The van der Waals surface area contributed by atoms with Crippen LogP contribution in [-0.2, 0) is 14.8 Å². The molecule has 0 bridgehead atoms. The number of nitrogens with zero attached hydrogens (tertiary/aromatic N) is 3. The van der Waals surface area contributed by atoms with E-state index in [1.54, 1.807) is 11.0 Å². The molecule has 0 radical (unpaired) electrons. The zero-order chi connectivity index (χ0) is 21.1. The molecule has 3 heterocycles. The minimum absolute atomic E-state index is 0.0817. The van der Waals surface area contributed by atoms with E-state index in [1.807, 2.05) is 5.32 Å². The minimum atomic E-state index is -4.47. The molecule has 11 heteroatoms. The molecule has 1 aromatic heterocycles. The maximum absolute atomic E-state index is 13.1. The molecule has 1 atom stereocenters. The zero-order valence-electron chi connectivity index (χ0n) is 16.0. The maximum atomic E-state index is 13.1. The summed E-state index contributed by atoms with van der Waals surface area (Å²) >= 11 is 0. The fraction of sp³-hybridized carbons (Fsp3) is 0.667. The highest BCUT2D eigenvalue weighted by molar-refractivity contribution is 7.89. The predicted molar refractivity (Wildman–Crippen MR) is 101 cm³/mol. The molecule has 1 amide bonds. The van der Waals surface area contributed by atoms with Crippen LogP contribution in [0.25, 0.3) is 0 Å². The Labute approximate surface area is 168 Å². The van der Waals surface area contributed by atoms with E-state index in [1.165, 1.54) is 16.6 Å². The first-order valence-corrected chi connectivity index (χ1v) is 11.2. The molecule has 1 unspecified atom stereocenters. The van der Waals surface area contributed by atoms with Crippen molar-refractivity contribution in [2.45, 2.75) is 43.2 Å². The number of carbonyl (C=O) groups is 1. The normalized spacial score (nSPS) is 21.8. The number of piperidine rings is 2. The third-order valence-electron chi connectivity index (χ3n) is 5.24. The van der Waals surface area contributed by atoms with Crippen molar-refractivity contribution in [3.05, 3.63) is 18.3 Å². The van der Waals surface area contributed by atoms with Gasteiger partial charge in [-0.15, -0.1) is 0 Å². The van der Waals surface area contributed by atoms with Crippen LogP contribution < -0.4 is 10.2 Å². The Kier molecular flexibility index (Phi) is 6.67. The van der Waals surface area contributed by atoms with Crippen LogP contribution in [0.4, 0.5) is 19.0 Å². The van der Waals surface area contributed by atoms with Crippen LogP contribution in [0.5, 0.6) is 0 Å². The molecular weight excluding hydrogens is 409 g/mol. The van der Waals surface area contributed by atoms with Crippen LogP contribution in [0.15, 0.2) is 23.2 Å². The Hall–Kier alpha value is -1.88. The molecule has 162 valence electrons. The molecule has 2 saturated heterocycles. The number of hydrogen-bond acceptors (Lipinski definition) is 5. The number of aromatic nitrogens is 1. The summed E-state index contributed by atoms with van der Waals surface area (Å²) in [6.07, 6.45) is 0.621. The van der Waals surface area contributed by atoms with Crippen LogP contribution in [-0.4, -0.2) is 62.5 Å². The average molecular weight is 434 g/mol. The first-order valence-electron chi connectivity index (χ1n) is 9.73. The zero-order valence-corrected chi connectivity index (χ0v) is 16.8. The maximum Gasteiger partial charge on any atom is 0.405 e. The van der Waals surface area contributed by atoms with Gasteiger partial charge in [0.2, 0.25) is 15.9 Å². The third-order valence-corrected chi connectivity index (χ3v) is 7.16. The Morgan fingerprint density at radius 2 is 1.90 bits per heavy atom. The van der Waals surface area contributed by atoms with Crippen LogP contribution in [0.2, 0.25) is 0 Å². The lowest BCUT2D eigenvalue weighted by Crippen LogP contribution is -2.46. The Morgan fingerprint density at radius 3 is 2.59 bits per heavy atom. The van der Waals surface area contributed by atoms with Gasteiger partial charge in [-0.25, -0.2) is 13.4 Å². The number of sulfonamides is 1. The number of amides is 1. The van der Waals surface area contributed by atoms with Gasteiger partial charge < -0.3 is 10.2 Å². The largest absolute Gasteiger partial charge is 0.405 e. The van der Waals surface area contributed by atoms with Crippen molar-refractivity contribution in [1.29, 1.82) is 0 Å². The summed E-state index contributed by atoms with van der Waals surface area (Å²) in [6.45, 7) is 0.157. The van der Waals surface area contributed by atoms with Crippen molar-refractivity contribution in [2.75, 3.05) is 37.6 Å². The smallest absolute Gasteiger partial charge is 0.355 e. The molecule has 0 spiro atoms. The number of hydrogen-bond donors (Lipinski definition) is 1. The van der Waals surface area contributed by atoms with Crippen LogP contribution >= 0.6 is 0 Å². The van der Waals surface area contributed by atoms with E-state index >= 15 is 0 Å². The van der Waals surface area contributed by atoms with Gasteiger partial charge in [-0.3, -0.25) is 4.79 Å². The predicted octanol–water partition coefficient (Wildman–Crippen LogP) is 2.15. The lowest BCUT2D eigenvalue weighted by atomic mass is 9.97. The SMILES string of the molecule is O=C(NCC(F)(F)F)C1CCCN(c2ncccc2S(=O)(=O)N2CCCCC2)C1. The molecule has 2 aliphatic heterocycles. The van der Waals surface area contributed by atoms with Crippen molar-refractivity contribution in [3.63, 3.8) is 0 Å². The van der Waals surface area contributed by atoms with Crippen LogP contribution in [0.3, 0.4) is 0 Å². The molecule has 3 rings (SSSR count). The minimum Gasteiger partial charge on any atom is -0.355 e. The monoisotopic (exact) mass is 434 g/mol. The number of rotatable bonds is 5. The second-order valence-electron chi connectivity index (χ2n) is 7.41. The number of pyridine rings is 1. The van der Waals surface area contributed by atoms with Gasteiger partial charge >= 0.3 is 6.18 Å². The average Bonchev–Trinajstić information content (AvgIpc) is 2.72. The fourth-order valence-electron chi connectivity index (χ4n) is 3.78. The van der Waals surface area contributed by atoms with Gasteiger partial charge in [0.25, 0.3) is 0 Å². The summed E-state index contributed by atoms with van der Waals surface area (Å²) in [7, 11) is -3.73. The molecular formula is C18H25F3N4O3S. The third kappa shape index (κ3) is 5.39. The van der Waals surface area contributed by atoms with Gasteiger partial charge in [-0.2, -0.15) is 17.5 Å². The highest BCUT2D eigenvalue weighted by Gasteiger charge is 2.34. The first-order chi connectivity index (χ1) is 13.7. The van der Waals surface area contributed by atoms with Crippen molar-refractivity contribution >= 4 is 21.7 Å². The Balaban J connectivity index is 1.77. The van der Waals surface area contributed by atoms with Gasteiger partial charge in [0.15, 0.2) is 0 Å². The molecule has 0 aromatic carbocycles. The summed E-state index contributed by atoms with van der Waals surface area (Å²) in [6, 6.07) is 3.05. The number of alkyl halides is 3. The molecule has 0 aliphatic carbocycles. The van der Waals surface area contributed by atoms with E-state index in [2.05, 4.69) is 4.98 Å². The summed E-state index contributed by atoms with van der Waals surface area (Å²) in [5.74, 6) is -1.08. The highest BCUT2D eigenvalue weighted by atomic mass is 32.2. The standard InChI is InChI=1S/C18H25F3N4O3S/c19-18(20,21)13-23-17(26)14-6-5-9-24(12-14)16-15(7-4-8-22-16)29(27,28)25-10-2-1-3-11-25/h4,7-8,14H,1-3,5-6,9-13H2,(H,23,26). The summed E-state index contributed by atoms with van der Waals surface area (Å²) in [5, 5.41) is 1.92. The number of carbonyl (C=O) groups excluding carboxylic acids is 1. The highest BCUT2D eigenvalue weighted by Crippen LogP contribution is 2.30. The number of anilines is 1. The van der Waals surface area contributed by atoms with Gasteiger partial charge in [-0.05, 0) is 37.8 Å². The fourth-order valence-corrected chi connectivity index (χ4v) is 5.46. The molecule has 1 N–H and O–H groups in total. The summed E-state index contributed by atoms with van der Waals surface area (Å²) in [5.41, 5.74) is 0. The van der Waals surface area contributed by atoms with E-state index in [-0.39, 0.29) is 17.3 Å². The van der Waals surface area contributed by atoms with Gasteiger partial charge in [0.1, 0.15) is 17.3 Å². The van der Waals surface area contributed by atoms with E-state index in [9.17, 15) is 26.4 Å². The van der Waals surface area contributed by atoms with E-state index in [0.717, 1.165) is 19.3 Å². The second-order valence-corrected chi connectivity index (χ2v) is 9.31. The van der Waals surface area contributed by atoms with E-state index in [0.29, 0.717) is 32.5 Å². The quantitative estimate of drug-likeness (QED) is 0.768. The molecule has 29 heavy (non-hydrogen) atoms. The lowest BCUT2D eigenvalue weighted by molar-refractivity contribution is -0.140. The van der Waals surface area contributed by atoms with Gasteiger partial charge in [-0.1, -0.05) is 6.42 Å². The van der Waals surface area contributed by atoms with Crippen molar-refractivity contribution < 1.29 is 26.4 Å². The van der Waals surface area contributed by atoms with E-state index < -0.39 is 34.6 Å². The van der Waals surface area contributed by atoms with Gasteiger partial charge in [0.05, 0.1) is 5.92 Å². The molecule has 0 saturated carbocycles. The van der Waals surface area contributed by atoms with Gasteiger partial charge in [0, 0.05) is 32.4 Å². The Bertz CT molecular complexity index is 826. The van der Waals surface area contributed by atoms with Crippen LogP contribution in [0.1, 0.15) is 32.1 Å².